The van der Waals surface area contributed by atoms with Crippen molar-refractivity contribution < 1.29 is 14.5 Å². The van der Waals surface area contributed by atoms with Crippen LogP contribution >= 0.6 is 11.3 Å². The predicted molar refractivity (Wildman–Crippen MR) is 125 cm³/mol. The molecule has 0 unspecified atom stereocenters. The first-order chi connectivity index (χ1) is 15.5. The van der Waals surface area contributed by atoms with Crippen LogP contribution in [0, 0.1) is 10.1 Å². The number of para-hydroxylation sites is 1. The average molecular weight is 446 g/mol. The molecule has 2 aromatic carbocycles. The lowest BCUT2D eigenvalue weighted by molar-refractivity contribution is -0.385. The molecule has 0 aliphatic rings. The molecule has 0 fully saturated rings. The summed E-state index contributed by atoms with van der Waals surface area (Å²) in [5.74, 6) is -1.04. The Morgan fingerprint density at radius 1 is 1.00 bits per heavy atom. The summed E-state index contributed by atoms with van der Waals surface area (Å²) < 4.78 is 0. The van der Waals surface area contributed by atoms with E-state index in [1.165, 1.54) is 35.8 Å². The third kappa shape index (κ3) is 6.31. The first-order valence-electron chi connectivity index (χ1n) is 9.39. The second-order valence-electron chi connectivity index (χ2n) is 6.29. The lowest BCUT2D eigenvalue weighted by Crippen LogP contribution is -2.32. The number of hydrazone groups is 1. The van der Waals surface area contributed by atoms with Crippen molar-refractivity contribution >= 4 is 47.2 Å². The maximum absolute atomic E-state index is 12.6. The van der Waals surface area contributed by atoms with Crippen LogP contribution in [0.4, 0.5) is 5.69 Å². The van der Waals surface area contributed by atoms with Crippen LogP contribution in [0.1, 0.15) is 20.8 Å². The van der Waals surface area contributed by atoms with Gasteiger partial charge in [0.1, 0.15) is 5.70 Å². The molecule has 1 aromatic heterocycles. The predicted octanol–water partition coefficient (Wildman–Crippen LogP) is 4.24. The number of hydrogen-bond donors (Lipinski definition) is 2. The van der Waals surface area contributed by atoms with Gasteiger partial charge < -0.3 is 5.32 Å². The summed E-state index contributed by atoms with van der Waals surface area (Å²) in [5.41, 5.74) is 3.15. The summed E-state index contributed by atoms with van der Waals surface area (Å²) in [7, 11) is 0. The number of nitro groups is 1. The van der Waals surface area contributed by atoms with Gasteiger partial charge in [0, 0.05) is 22.7 Å². The molecule has 160 valence electrons. The maximum atomic E-state index is 12.6. The molecule has 0 aliphatic carbocycles. The molecule has 0 atom stereocenters. The van der Waals surface area contributed by atoms with Gasteiger partial charge in [-0.15, -0.1) is 11.3 Å². The molecular weight excluding hydrogens is 428 g/mol. The van der Waals surface area contributed by atoms with Gasteiger partial charge in [0.25, 0.3) is 17.5 Å². The van der Waals surface area contributed by atoms with E-state index in [-0.39, 0.29) is 11.4 Å². The van der Waals surface area contributed by atoms with Gasteiger partial charge in [0.05, 0.1) is 10.5 Å². The minimum atomic E-state index is -0.613. The molecule has 32 heavy (non-hydrogen) atoms. The largest absolute Gasteiger partial charge is 0.317 e. The minimum absolute atomic E-state index is 0.0288. The quantitative estimate of drug-likeness (QED) is 0.233. The van der Waals surface area contributed by atoms with Crippen LogP contribution in [-0.4, -0.2) is 23.0 Å². The van der Waals surface area contributed by atoms with Crippen LogP contribution in [0.5, 0.6) is 0 Å². The number of carbonyl (C=O) groups is 2. The molecule has 3 aromatic rings. The SMILES string of the molecule is O=C(NN=CC=Cc1ccccc1[N+](=O)[O-])C(=Cc1cccs1)NC(=O)c1ccccc1. The Balaban J connectivity index is 1.69. The van der Waals surface area contributed by atoms with Crippen molar-refractivity contribution in [1.29, 1.82) is 0 Å². The normalized spacial score (nSPS) is 11.6. The Kier molecular flexibility index (Phi) is 7.77. The zero-order valence-electron chi connectivity index (χ0n) is 16.7. The summed E-state index contributed by atoms with van der Waals surface area (Å²) >= 11 is 1.41. The fourth-order valence-corrected chi connectivity index (χ4v) is 3.26. The van der Waals surface area contributed by atoms with E-state index in [0.29, 0.717) is 11.1 Å². The Hall–Kier alpha value is -4.37. The van der Waals surface area contributed by atoms with Gasteiger partial charge in [-0.2, -0.15) is 5.10 Å². The lowest BCUT2D eigenvalue weighted by Gasteiger charge is -2.08. The summed E-state index contributed by atoms with van der Waals surface area (Å²) in [5, 5.41) is 19.3. The fraction of sp³-hybridized carbons (Fsp3) is 0. The van der Waals surface area contributed by atoms with E-state index in [4.69, 9.17) is 0 Å². The molecule has 8 nitrogen and oxygen atoms in total. The Bertz CT molecular complexity index is 1190. The standard InChI is InChI=1S/C23H18N4O4S/c28-22(18-9-2-1-3-10-18)25-20(16-19-12-7-15-32-19)23(29)26-24-14-6-11-17-8-4-5-13-21(17)27(30)31/h1-16H,(H,25,28)(H,26,29). The van der Waals surface area contributed by atoms with E-state index in [1.54, 1.807) is 54.6 Å². The fourth-order valence-electron chi connectivity index (χ4n) is 2.60. The second-order valence-corrected chi connectivity index (χ2v) is 7.27. The number of nitrogens with zero attached hydrogens (tertiary/aromatic N) is 2. The van der Waals surface area contributed by atoms with Crippen LogP contribution < -0.4 is 10.7 Å². The average Bonchev–Trinajstić information content (AvgIpc) is 3.32. The molecule has 0 spiro atoms. The number of thiophene rings is 1. The Morgan fingerprint density at radius 3 is 2.47 bits per heavy atom. The van der Waals surface area contributed by atoms with Crippen molar-refractivity contribution in [3.8, 4) is 0 Å². The number of nitro benzene ring substituents is 1. The van der Waals surface area contributed by atoms with Gasteiger partial charge in [-0.3, -0.25) is 19.7 Å². The van der Waals surface area contributed by atoms with E-state index in [1.807, 2.05) is 17.5 Å². The van der Waals surface area contributed by atoms with Crippen LogP contribution in [0.3, 0.4) is 0 Å². The van der Waals surface area contributed by atoms with Crippen molar-refractivity contribution in [1.82, 2.24) is 10.7 Å². The van der Waals surface area contributed by atoms with E-state index < -0.39 is 16.7 Å². The molecule has 9 heteroatoms. The number of allylic oxidation sites excluding steroid dienone is 1. The number of amides is 2. The molecule has 0 aliphatic heterocycles. The molecule has 3 rings (SSSR count). The van der Waals surface area contributed by atoms with Crippen LogP contribution in [0.2, 0.25) is 0 Å². The van der Waals surface area contributed by atoms with Crippen molar-refractivity contribution in [2.24, 2.45) is 5.10 Å². The molecule has 0 saturated carbocycles. The van der Waals surface area contributed by atoms with Gasteiger partial charge in [-0.1, -0.05) is 36.4 Å². The first-order valence-corrected chi connectivity index (χ1v) is 10.3. The zero-order valence-corrected chi connectivity index (χ0v) is 17.5. The van der Waals surface area contributed by atoms with Crippen LogP contribution in [0.25, 0.3) is 12.2 Å². The molecule has 2 amide bonds. The van der Waals surface area contributed by atoms with Crippen molar-refractivity contribution in [2.75, 3.05) is 0 Å². The van der Waals surface area contributed by atoms with Gasteiger partial charge in [0.2, 0.25) is 0 Å². The van der Waals surface area contributed by atoms with Crippen LogP contribution in [0.15, 0.2) is 89.0 Å². The second kappa shape index (κ2) is 11.1. The maximum Gasteiger partial charge on any atom is 0.287 e. The summed E-state index contributed by atoms with van der Waals surface area (Å²) in [6, 6.07) is 18.4. The highest BCUT2D eigenvalue weighted by Crippen LogP contribution is 2.18. The highest BCUT2D eigenvalue weighted by molar-refractivity contribution is 7.10. The lowest BCUT2D eigenvalue weighted by atomic mass is 10.2. The number of benzene rings is 2. The summed E-state index contributed by atoms with van der Waals surface area (Å²) in [6.07, 6.45) is 5.82. The number of hydrogen-bond acceptors (Lipinski definition) is 6. The van der Waals surface area contributed by atoms with Gasteiger partial charge in [-0.05, 0) is 47.9 Å². The van der Waals surface area contributed by atoms with Gasteiger partial charge >= 0.3 is 0 Å². The highest BCUT2D eigenvalue weighted by atomic mass is 32.1. The molecule has 0 bridgehead atoms. The molecule has 2 N–H and O–H groups in total. The highest BCUT2D eigenvalue weighted by Gasteiger charge is 2.14. The number of rotatable bonds is 8. The van der Waals surface area contributed by atoms with E-state index >= 15 is 0 Å². The van der Waals surface area contributed by atoms with Crippen molar-refractivity contribution in [2.45, 2.75) is 0 Å². The smallest absolute Gasteiger partial charge is 0.287 e. The number of carbonyl (C=O) groups excluding carboxylic acids is 2. The van der Waals surface area contributed by atoms with E-state index in [0.717, 1.165) is 4.88 Å². The topological polar surface area (TPSA) is 114 Å². The van der Waals surface area contributed by atoms with Crippen LogP contribution in [-0.2, 0) is 4.79 Å². The first kappa shape index (κ1) is 22.3. The molecule has 0 radical (unpaired) electrons. The molecule has 1 heterocycles. The van der Waals surface area contributed by atoms with Gasteiger partial charge in [0.15, 0.2) is 0 Å². The third-order valence-corrected chi connectivity index (χ3v) is 4.91. The molecular formula is C23H18N4O4S. The van der Waals surface area contributed by atoms with E-state index in [2.05, 4.69) is 15.8 Å². The Morgan fingerprint density at radius 2 is 1.75 bits per heavy atom. The summed E-state index contributed by atoms with van der Waals surface area (Å²) in [6.45, 7) is 0. The summed E-state index contributed by atoms with van der Waals surface area (Å²) in [4.78, 5) is 36.4. The van der Waals surface area contributed by atoms with Crippen molar-refractivity contribution in [3.05, 3.63) is 110 Å². The zero-order chi connectivity index (χ0) is 22.8. The van der Waals surface area contributed by atoms with Crippen molar-refractivity contribution in [3.63, 3.8) is 0 Å². The Labute approximate surface area is 187 Å². The minimum Gasteiger partial charge on any atom is -0.317 e. The van der Waals surface area contributed by atoms with E-state index in [9.17, 15) is 19.7 Å². The monoisotopic (exact) mass is 446 g/mol. The third-order valence-electron chi connectivity index (χ3n) is 4.09. The van der Waals surface area contributed by atoms with Gasteiger partial charge in [-0.25, -0.2) is 5.43 Å². The number of nitrogens with one attached hydrogen (secondary N) is 2. The molecule has 0 saturated heterocycles.